The number of nitrogens with zero attached hydrogens (tertiary/aromatic N) is 5. The number of aliphatic imine (C=N–C) groups is 1. The average molecular weight is 368 g/mol. The first kappa shape index (κ1) is 19.1. The molecule has 0 aliphatic carbocycles. The number of benzene rings is 1. The van der Waals surface area contributed by atoms with E-state index in [9.17, 15) is 0 Å². The lowest BCUT2D eigenvalue weighted by molar-refractivity contribution is 0.260. The van der Waals surface area contributed by atoms with Crippen molar-refractivity contribution < 1.29 is 0 Å². The quantitative estimate of drug-likeness (QED) is 0.569. The highest BCUT2D eigenvalue weighted by molar-refractivity contribution is 5.79. The molecule has 27 heavy (non-hydrogen) atoms. The van der Waals surface area contributed by atoms with Crippen LogP contribution in [0.4, 0.5) is 5.95 Å². The fourth-order valence-electron chi connectivity index (χ4n) is 3.05. The Bertz CT molecular complexity index is 682. The van der Waals surface area contributed by atoms with Crippen molar-refractivity contribution in [1.82, 2.24) is 25.5 Å². The zero-order chi connectivity index (χ0) is 18.7. The van der Waals surface area contributed by atoms with Gasteiger partial charge >= 0.3 is 0 Å². The molecular formula is C20H29N7. The van der Waals surface area contributed by atoms with Gasteiger partial charge in [0.05, 0.1) is 6.54 Å². The molecule has 0 spiro atoms. The topological polar surface area (TPSA) is 68.7 Å². The van der Waals surface area contributed by atoms with Crippen LogP contribution in [0, 0.1) is 0 Å². The monoisotopic (exact) mass is 367 g/mol. The van der Waals surface area contributed by atoms with E-state index in [1.54, 1.807) is 12.4 Å². The van der Waals surface area contributed by atoms with E-state index in [-0.39, 0.29) is 0 Å². The molecule has 2 heterocycles. The Morgan fingerprint density at radius 3 is 2.44 bits per heavy atom. The van der Waals surface area contributed by atoms with Crippen molar-refractivity contribution in [2.24, 2.45) is 4.99 Å². The van der Waals surface area contributed by atoms with Crippen molar-refractivity contribution >= 4 is 11.9 Å². The van der Waals surface area contributed by atoms with Crippen LogP contribution in [0.2, 0.25) is 0 Å². The number of rotatable bonds is 7. The van der Waals surface area contributed by atoms with E-state index in [1.165, 1.54) is 5.56 Å². The summed E-state index contributed by atoms with van der Waals surface area (Å²) < 4.78 is 0. The smallest absolute Gasteiger partial charge is 0.225 e. The molecule has 1 fully saturated rings. The number of anilines is 1. The summed E-state index contributed by atoms with van der Waals surface area (Å²) in [4.78, 5) is 18.1. The van der Waals surface area contributed by atoms with Gasteiger partial charge in [-0.15, -0.1) is 0 Å². The number of aromatic nitrogens is 2. The van der Waals surface area contributed by atoms with E-state index in [4.69, 9.17) is 0 Å². The van der Waals surface area contributed by atoms with Crippen LogP contribution < -0.4 is 15.5 Å². The van der Waals surface area contributed by atoms with Crippen LogP contribution in [-0.2, 0) is 6.54 Å². The fourth-order valence-corrected chi connectivity index (χ4v) is 3.05. The van der Waals surface area contributed by atoms with Crippen LogP contribution in [0.1, 0.15) is 12.5 Å². The van der Waals surface area contributed by atoms with Crippen LogP contribution in [0.25, 0.3) is 0 Å². The molecule has 2 N–H and O–H groups in total. The van der Waals surface area contributed by atoms with Gasteiger partial charge < -0.3 is 15.5 Å². The summed E-state index contributed by atoms with van der Waals surface area (Å²) in [7, 11) is 0. The molecule has 7 heteroatoms. The predicted octanol–water partition coefficient (Wildman–Crippen LogP) is 1.35. The maximum Gasteiger partial charge on any atom is 0.225 e. The van der Waals surface area contributed by atoms with Crippen molar-refractivity contribution in [2.45, 2.75) is 13.5 Å². The molecule has 144 valence electrons. The Balaban J connectivity index is 1.40. The highest BCUT2D eigenvalue weighted by Crippen LogP contribution is 2.09. The number of piperazine rings is 1. The Kier molecular flexibility index (Phi) is 7.41. The van der Waals surface area contributed by atoms with Crippen molar-refractivity contribution in [3.05, 3.63) is 54.4 Å². The van der Waals surface area contributed by atoms with Crippen LogP contribution in [0.15, 0.2) is 53.8 Å². The first-order valence-electron chi connectivity index (χ1n) is 9.65. The largest absolute Gasteiger partial charge is 0.357 e. The summed E-state index contributed by atoms with van der Waals surface area (Å²) >= 11 is 0. The Morgan fingerprint density at radius 2 is 1.74 bits per heavy atom. The molecule has 1 saturated heterocycles. The third kappa shape index (κ3) is 6.21. The van der Waals surface area contributed by atoms with Gasteiger partial charge in [0.2, 0.25) is 5.95 Å². The van der Waals surface area contributed by atoms with E-state index < -0.39 is 0 Å². The lowest BCUT2D eigenvalue weighted by Gasteiger charge is -2.34. The van der Waals surface area contributed by atoms with Gasteiger partial charge in [-0.3, -0.25) is 4.90 Å². The summed E-state index contributed by atoms with van der Waals surface area (Å²) in [6, 6.07) is 12.2. The zero-order valence-corrected chi connectivity index (χ0v) is 16.0. The van der Waals surface area contributed by atoms with Crippen LogP contribution in [0.5, 0.6) is 0 Å². The molecule has 0 amide bonds. The van der Waals surface area contributed by atoms with E-state index in [0.717, 1.165) is 57.7 Å². The number of hydrogen-bond acceptors (Lipinski definition) is 5. The third-order valence-electron chi connectivity index (χ3n) is 4.53. The SMILES string of the molecule is CCNC(=NCc1ccccc1)NCCN1CCN(c2ncccn2)CC1. The minimum absolute atomic E-state index is 0.686. The van der Waals surface area contributed by atoms with Gasteiger partial charge in [0.15, 0.2) is 5.96 Å². The van der Waals surface area contributed by atoms with Gasteiger partial charge in [-0.25, -0.2) is 15.0 Å². The van der Waals surface area contributed by atoms with Gasteiger partial charge in [-0.05, 0) is 18.6 Å². The third-order valence-corrected chi connectivity index (χ3v) is 4.53. The summed E-state index contributed by atoms with van der Waals surface area (Å²) in [5, 5.41) is 6.75. The molecule has 0 bridgehead atoms. The Hall–Kier alpha value is -2.67. The standard InChI is InChI=1S/C20H29N7/c1-2-21-19(25-17-18-7-4-3-5-8-18)22-11-12-26-13-15-27(16-14-26)20-23-9-6-10-24-20/h3-10H,2,11-17H2,1H3,(H2,21,22,25). The van der Waals surface area contributed by atoms with Crippen molar-refractivity contribution in [3.63, 3.8) is 0 Å². The normalized spacial score (nSPS) is 15.6. The molecule has 0 unspecified atom stereocenters. The van der Waals surface area contributed by atoms with Gasteiger partial charge in [-0.1, -0.05) is 30.3 Å². The van der Waals surface area contributed by atoms with E-state index in [2.05, 4.69) is 54.5 Å². The first-order valence-corrected chi connectivity index (χ1v) is 9.65. The second kappa shape index (κ2) is 10.5. The lowest BCUT2D eigenvalue weighted by Crippen LogP contribution is -2.49. The van der Waals surface area contributed by atoms with E-state index in [1.807, 2.05) is 24.3 Å². The maximum absolute atomic E-state index is 4.67. The van der Waals surface area contributed by atoms with Crippen molar-refractivity contribution in [3.8, 4) is 0 Å². The van der Waals surface area contributed by atoms with Crippen LogP contribution >= 0.6 is 0 Å². The molecule has 0 radical (unpaired) electrons. The Labute approximate surface area is 161 Å². The molecule has 1 aliphatic rings. The Morgan fingerprint density at radius 1 is 1.00 bits per heavy atom. The second-order valence-electron chi connectivity index (χ2n) is 6.49. The zero-order valence-electron chi connectivity index (χ0n) is 16.0. The molecule has 1 aromatic carbocycles. The maximum atomic E-state index is 4.67. The summed E-state index contributed by atoms with van der Waals surface area (Å²) in [6.45, 7) is 9.49. The van der Waals surface area contributed by atoms with Gasteiger partial charge in [-0.2, -0.15) is 0 Å². The summed E-state index contributed by atoms with van der Waals surface area (Å²) in [5.41, 5.74) is 1.22. The van der Waals surface area contributed by atoms with Crippen molar-refractivity contribution in [1.29, 1.82) is 0 Å². The predicted molar refractivity (Wildman–Crippen MR) is 110 cm³/mol. The van der Waals surface area contributed by atoms with E-state index >= 15 is 0 Å². The number of nitrogens with one attached hydrogen (secondary N) is 2. The number of hydrogen-bond donors (Lipinski definition) is 2. The molecule has 0 atom stereocenters. The molecule has 3 rings (SSSR count). The molecule has 2 aromatic rings. The fraction of sp³-hybridized carbons (Fsp3) is 0.450. The molecule has 0 saturated carbocycles. The van der Waals surface area contributed by atoms with Crippen LogP contribution in [0.3, 0.4) is 0 Å². The summed E-state index contributed by atoms with van der Waals surface area (Å²) in [6.07, 6.45) is 3.60. The minimum Gasteiger partial charge on any atom is -0.357 e. The first-order chi connectivity index (χ1) is 13.3. The molecular weight excluding hydrogens is 338 g/mol. The average Bonchev–Trinajstić information content (AvgIpc) is 2.74. The highest BCUT2D eigenvalue weighted by atomic mass is 15.3. The highest BCUT2D eigenvalue weighted by Gasteiger charge is 2.18. The summed E-state index contributed by atoms with van der Waals surface area (Å²) in [5.74, 6) is 1.70. The van der Waals surface area contributed by atoms with E-state index in [0.29, 0.717) is 6.54 Å². The van der Waals surface area contributed by atoms with Crippen LogP contribution in [-0.4, -0.2) is 66.6 Å². The van der Waals surface area contributed by atoms with Gasteiger partial charge in [0.1, 0.15) is 0 Å². The van der Waals surface area contributed by atoms with Gasteiger partial charge in [0, 0.05) is 58.2 Å². The molecule has 1 aromatic heterocycles. The number of guanidine groups is 1. The van der Waals surface area contributed by atoms with Gasteiger partial charge in [0.25, 0.3) is 0 Å². The molecule has 7 nitrogen and oxygen atoms in total. The lowest BCUT2D eigenvalue weighted by atomic mass is 10.2. The molecule has 1 aliphatic heterocycles. The minimum atomic E-state index is 0.686. The second-order valence-corrected chi connectivity index (χ2v) is 6.49. The van der Waals surface area contributed by atoms with Crippen molar-refractivity contribution in [2.75, 3.05) is 50.7 Å².